The Morgan fingerprint density at radius 3 is 2.44 bits per heavy atom. The Hall–Kier alpha value is -3.74. The van der Waals surface area contributed by atoms with Gasteiger partial charge in [-0.05, 0) is 79.8 Å². The normalized spacial score (nSPS) is 16.5. The molecular formula is C32H34F3N5O. The van der Waals surface area contributed by atoms with E-state index in [2.05, 4.69) is 32.3 Å². The fourth-order valence-corrected chi connectivity index (χ4v) is 5.06. The zero-order chi connectivity index (χ0) is 29.0. The van der Waals surface area contributed by atoms with Crippen molar-refractivity contribution in [3.63, 3.8) is 0 Å². The number of halogens is 3. The van der Waals surface area contributed by atoms with Crippen LogP contribution in [0.4, 0.5) is 18.9 Å². The van der Waals surface area contributed by atoms with Crippen LogP contribution < -0.4 is 5.32 Å². The topological polar surface area (TPSA) is 61.4 Å². The van der Waals surface area contributed by atoms with Gasteiger partial charge in [0.1, 0.15) is 5.69 Å². The van der Waals surface area contributed by atoms with Crippen LogP contribution in [0.25, 0.3) is 0 Å². The second-order valence-electron chi connectivity index (χ2n) is 11.1. The van der Waals surface area contributed by atoms with Crippen LogP contribution in [0.5, 0.6) is 0 Å². The summed E-state index contributed by atoms with van der Waals surface area (Å²) in [5.41, 5.74) is 2.88. The molecule has 2 fully saturated rings. The number of carbonyl (C=O) groups excluding carboxylic acids is 1. The number of amides is 1. The van der Waals surface area contributed by atoms with Crippen molar-refractivity contribution in [2.75, 3.05) is 38.5 Å². The number of carbonyl (C=O) groups is 1. The molecule has 41 heavy (non-hydrogen) atoms. The maximum absolute atomic E-state index is 14.0. The minimum atomic E-state index is -4.53. The summed E-state index contributed by atoms with van der Waals surface area (Å²) in [4.78, 5) is 17.2. The molecule has 0 radical (unpaired) electrons. The highest BCUT2D eigenvalue weighted by molar-refractivity contribution is 6.04. The third-order valence-electron chi connectivity index (χ3n) is 7.93. The van der Waals surface area contributed by atoms with Gasteiger partial charge in [0.25, 0.3) is 5.91 Å². The predicted octanol–water partition coefficient (Wildman–Crippen LogP) is 5.55. The zero-order valence-electron chi connectivity index (χ0n) is 23.4. The SMILES string of the molecule is Cc1ccc(C(=O)Nc2ccc(CN3CCN(C)CC3)c(C(F)(F)F)c2)cc1C#Cc1ccc(CC2CCC2)nn1. The molecule has 0 bridgehead atoms. The maximum Gasteiger partial charge on any atom is 0.416 e. The van der Waals surface area contributed by atoms with Gasteiger partial charge in [-0.2, -0.15) is 18.3 Å². The first-order valence-electron chi connectivity index (χ1n) is 14.0. The van der Waals surface area contributed by atoms with Crippen molar-refractivity contribution in [1.82, 2.24) is 20.0 Å². The summed E-state index contributed by atoms with van der Waals surface area (Å²) < 4.78 is 41.9. The quantitative estimate of drug-likeness (QED) is 0.400. The van der Waals surface area contributed by atoms with Gasteiger partial charge in [0.05, 0.1) is 11.3 Å². The molecule has 2 aliphatic rings. The first-order valence-corrected chi connectivity index (χ1v) is 14.0. The number of anilines is 1. The van der Waals surface area contributed by atoms with E-state index in [1.807, 2.05) is 31.0 Å². The van der Waals surface area contributed by atoms with E-state index in [4.69, 9.17) is 0 Å². The molecule has 0 unspecified atom stereocenters. The number of benzene rings is 2. The molecule has 3 aromatic rings. The van der Waals surface area contributed by atoms with E-state index in [-0.39, 0.29) is 17.8 Å². The minimum Gasteiger partial charge on any atom is -0.322 e. The lowest BCUT2D eigenvalue weighted by Gasteiger charge is -2.33. The van der Waals surface area contributed by atoms with Crippen LogP contribution in [-0.2, 0) is 19.1 Å². The summed E-state index contributed by atoms with van der Waals surface area (Å²) in [6.45, 7) is 5.15. The van der Waals surface area contributed by atoms with E-state index in [0.29, 0.717) is 35.8 Å². The number of hydrogen-bond acceptors (Lipinski definition) is 5. The van der Waals surface area contributed by atoms with Gasteiger partial charge in [0, 0.05) is 49.5 Å². The summed E-state index contributed by atoms with van der Waals surface area (Å²) in [5, 5.41) is 11.1. The number of piperazine rings is 1. The van der Waals surface area contributed by atoms with Crippen LogP contribution in [-0.4, -0.2) is 59.1 Å². The molecule has 9 heteroatoms. The van der Waals surface area contributed by atoms with E-state index in [1.54, 1.807) is 18.2 Å². The second kappa shape index (κ2) is 12.4. The fourth-order valence-electron chi connectivity index (χ4n) is 5.06. The van der Waals surface area contributed by atoms with Crippen LogP contribution >= 0.6 is 0 Å². The second-order valence-corrected chi connectivity index (χ2v) is 11.1. The van der Waals surface area contributed by atoms with E-state index in [9.17, 15) is 18.0 Å². The number of hydrogen-bond donors (Lipinski definition) is 1. The summed E-state index contributed by atoms with van der Waals surface area (Å²) >= 11 is 0. The molecule has 2 aromatic carbocycles. The third-order valence-corrected chi connectivity index (χ3v) is 7.93. The molecule has 1 aromatic heterocycles. The monoisotopic (exact) mass is 561 g/mol. The number of rotatable bonds is 6. The first kappa shape index (κ1) is 28.8. The average Bonchev–Trinajstić information content (AvgIpc) is 2.92. The first-order chi connectivity index (χ1) is 19.6. The van der Waals surface area contributed by atoms with Crippen LogP contribution in [0.1, 0.15) is 63.3 Å². The van der Waals surface area contributed by atoms with E-state index in [0.717, 1.165) is 36.8 Å². The van der Waals surface area contributed by atoms with Gasteiger partial charge in [-0.25, -0.2) is 0 Å². The van der Waals surface area contributed by atoms with Gasteiger partial charge in [0.2, 0.25) is 0 Å². The zero-order valence-corrected chi connectivity index (χ0v) is 23.4. The van der Waals surface area contributed by atoms with Crippen molar-refractivity contribution in [2.24, 2.45) is 5.92 Å². The molecule has 1 aliphatic carbocycles. The van der Waals surface area contributed by atoms with Gasteiger partial charge in [-0.1, -0.05) is 37.3 Å². The largest absolute Gasteiger partial charge is 0.416 e. The molecule has 1 saturated carbocycles. The molecule has 2 heterocycles. The smallest absolute Gasteiger partial charge is 0.322 e. The molecule has 6 nitrogen and oxygen atoms in total. The molecule has 214 valence electrons. The van der Waals surface area contributed by atoms with Crippen LogP contribution in [0.2, 0.25) is 0 Å². The van der Waals surface area contributed by atoms with E-state index < -0.39 is 17.6 Å². The van der Waals surface area contributed by atoms with Gasteiger partial charge < -0.3 is 10.2 Å². The number of likely N-dealkylation sites (N-methyl/N-ethyl adjacent to an activating group) is 1. The van der Waals surface area contributed by atoms with Gasteiger partial charge >= 0.3 is 6.18 Å². The Balaban J connectivity index is 1.28. The summed E-state index contributed by atoms with van der Waals surface area (Å²) in [6, 6.07) is 12.9. The van der Waals surface area contributed by atoms with E-state index >= 15 is 0 Å². The fraction of sp³-hybridized carbons (Fsp3) is 0.406. The Morgan fingerprint density at radius 2 is 1.78 bits per heavy atom. The van der Waals surface area contributed by atoms with Gasteiger partial charge in [-0.3, -0.25) is 9.69 Å². The third kappa shape index (κ3) is 7.51. The standard InChI is InChI=1S/C32H34F3N5O/c1-22-6-7-25(19-24(22)8-10-27-12-13-29(38-37-27)18-23-4-3-5-23)31(41)36-28-11-9-26(30(20-28)32(33,34)35)21-40-16-14-39(2)15-17-40/h6-7,9,11-13,19-20,23H,3-5,14-18,21H2,1-2H3,(H,36,41). The molecule has 0 atom stereocenters. The van der Waals surface area contributed by atoms with Crippen molar-refractivity contribution in [2.45, 2.75) is 45.3 Å². The van der Waals surface area contributed by atoms with Crippen molar-refractivity contribution < 1.29 is 18.0 Å². The van der Waals surface area contributed by atoms with Crippen molar-refractivity contribution in [3.8, 4) is 11.8 Å². The number of nitrogens with one attached hydrogen (secondary N) is 1. The lowest BCUT2D eigenvalue weighted by Crippen LogP contribution is -2.44. The minimum absolute atomic E-state index is 0.0925. The molecule has 1 N–H and O–H groups in total. The lowest BCUT2D eigenvalue weighted by molar-refractivity contribution is -0.138. The van der Waals surface area contributed by atoms with Crippen LogP contribution in [0.3, 0.4) is 0 Å². The number of nitrogens with zero attached hydrogens (tertiary/aromatic N) is 4. The Morgan fingerprint density at radius 1 is 1.00 bits per heavy atom. The van der Waals surface area contributed by atoms with Crippen molar-refractivity contribution >= 4 is 11.6 Å². The molecule has 5 rings (SSSR count). The van der Waals surface area contributed by atoms with Gasteiger partial charge in [-0.15, -0.1) is 5.10 Å². The summed E-state index contributed by atoms with van der Waals surface area (Å²) in [5.74, 6) is 6.27. The highest BCUT2D eigenvalue weighted by atomic mass is 19.4. The highest BCUT2D eigenvalue weighted by Crippen LogP contribution is 2.35. The van der Waals surface area contributed by atoms with Gasteiger partial charge in [0.15, 0.2) is 0 Å². The Kier molecular flexibility index (Phi) is 8.71. The Bertz CT molecular complexity index is 1450. The van der Waals surface area contributed by atoms with E-state index in [1.165, 1.54) is 31.4 Å². The van der Waals surface area contributed by atoms with Crippen molar-refractivity contribution in [3.05, 3.63) is 87.7 Å². The maximum atomic E-state index is 14.0. The summed E-state index contributed by atoms with van der Waals surface area (Å²) in [7, 11) is 2.00. The lowest BCUT2D eigenvalue weighted by atomic mass is 9.82. The average molecular weight is 562 g/mol. The Labute approximate surface area is 239 Å². The predicted molar refractivity (Wildman–Crippen MR) is 152 cm³/mol. The van der Waals surface area contributed by atoms with Crippen molar-refractivity contribution in [1.29, 1.82) is 0 Å². The molecule has 1 saturated heterocycles. The summed E-state index contributed by atoms with van der Waals surface area (Å²) in [6.07, 6.45) is 0.195. The molecule has 1 amide bonds. The van der Waals surface area contributed by atoms with Crippen LogP contribution in [0, 0.1) is 24.7 Å². The number of alkyl halides is 3. The number of aryl methyl sites for hydroxylation is 1. The molecule has 0 spiro atoms. The molecular weight excluding hydrogens is 527 g/mol. The van der Waals surface area contributed by atoms with Crippen LogP contribution in [0.15, 0.2) is 48.5 Å². The number of aromatic nitrogens is 2. The highest BCUT2D eigenvalue weighted by Gasteiger charge is 2.34. The molecule has 1 aliphatic heterocycles.